The molecule has 1 heterocycles. The molecule has 3 heteroatoms. The summed E-state index contributed by atoms with van der Waals surface area (Å²) in [7, 11) is 0. The molecule has 114 valence electrons. The molecule has 3 rings (SSSR count). The van der Waals surface area contributed by atoms with Crippen LogP contribution in [0.4, 0.5) is 5.69 Å². The van der Waals surface area contributed by atoms with E-state index < -0.39 is 0 Å². The molecular weight excluding hydrogens is 272 g/mol. The summed E-state index contributed by atoms with van der Waals surface area (Å²) in [6.45, 7) is 2.90. The summed E-state index contributed by atoms with van der Waals surface area (Å²) in [5.41, 5.74) is 3.79. The topological polar surface area (TPSA) is 32.3 Å². The fraction of sp³-hybridized carbons (Fsp3) is 0.316. The van der Waals surface area contributed by atoms with E-state index >= 15 is 0 Å². The number of nitrogens with one attached hydrogen (secondary N) is 1. The van der Waals surface area contributed by atoms with Crippen molar-refractivity contribution in [1.82, 2.24) is 4.90 Å². The average molecular weight is 294 g/mol. The number of nitrogens with zero attached hydrogens (tertiary/aromatic N) is 1. The number of fused-ring (bicyclic) bond motifs is 1. The van der Waals surface area contributed by atoms with Crippen LogP contribution in [0.25, 0.3) is 0 Å². The van der Waals surface area contributed by atoms with Crippen LogP contribution in [-0.4, -0.2) is 30.4 Å². The first-order valence-electron chi connectivity index (χ1n) is 7.95. The van der Waals surface area contributed by atoms with Gasteiger partial charge >= 0.3 is 0 Å². The fourth-order valence-corrected chi connectivity index (χ4v) is 2.94. The molecule has 0 atom stereocenters. The summed E-state index contributed by atoms with van der Waals surface area (Å²) < 4.78 is 0. The van der Waals surface area contributed by atoms with E-state index in [1.54, 1.807) is 0 Å². The Morgan fingerprint density at radius 3 is 2.14 bits per heavy atom. The van der Waals surface area contributed by atoms with Crippen molar-refractivity contribution in [2.45, 2.75) is 19.3 Å². The van der Waals surface area contributed by atoms with Crippen LogP contribution < -0.4 is 5.32 Å². The molecule has 22 heavy (non-hydrogen) atoms. The molecule has 0 saturated carbocycles. The van der Waals surface area contributed by atoms with Gasteiger partial charge in [-0.1, -0.05) is 42.5 Å². The van der Waals surface area contributed by atoms with Crippen molar-refractivity contribution in [3.63, 3.8) is 0 Å². The van der Waals surface area contributed by atoms with Crippen LogP contribution in [0.15, 0.2) is 54.6 Å². The number of amides is 1. The van der Waals surface area contributed by atoms with E-state index in [9.17, 15) is 4.79 Å². The second kappa shape index (κ2) is 7.23. The van der Waals surface area contributed by atoms with Gasteiger partial charge in [0.15, 0.2) is 0 Å². The largest absolute Gasteiger partial charge is 0.326 e. The Kier molecular flexibility index (Phi) is 4.86. The first kappa shape index (κ1) is 14.8. The molecule has 0 spiro atoms. The average Bonchev–Trinajstić information content (AvgIpc) is 2.76. The highest BCUT2D eigenvalue weighted by Gasteiger charge is 2.14. The van der Waals surface area contributed by atoms with E-state index in [-0.39, 0.29) is 5.91 Å². The predicted molar refractivity (Wildman–Crippen MR) is 90.0 cm³/mol. The van der Waals surface area contributed by atoms with Crippen LogP contribution in [0.2, 0.25) is 0 Å². The summed E-state index contributed by atoms with van der Waals surface area (Å²) in [5.74, 6) is 0.0907. The second-order valence-corrected chi connectivity index (χ2v) is 5.77. The SMILES string of the molecule is O=C(CCN1CCc2ccccc2CC1)Nc1ccccc1. The third-order valence-electron chi connectivity index (χ3n) is 4.23. The first-order valence-corrected chi connectivity index (χ1v) is 7.95. The zero-order valence-electron chi connectivity index (χ0n) is 12.8. The number of rotatable bonds is 4. The molecule has 2 aromatic carbocycles. The molecule has 0 radical (unpaired) electrons. The van der Waals surface area contributed by atoms with E-state index in [1.165, 1.54) is 11.1 Å². The molecule has 3 nitrogen and oxygen atoms in total. The lowest BCUT2D eigenvalue weighted by Gasteiger charge is -2.19. The fourth-order valence-electron chi connectivity index (χ4n) is 2.94. The molecule has 0 bridgehead atoms. The Labute approximate surface area is 132 Å². The minimum absolute atomic E-state index is 0.0907. The maximum absolute atomic E-state index is 12.0. The lowest BCUT2D eigenvalue weighted by atomic mass is 10.0. The number of anilines is 1. The van der Waals surface area contributed by atoms with Crippen molar-refractivity contribution >= 4 is 11.6 Å². The molecule has 0 fully saturated rings. The predicted octanol–water partition coefficient (Wildman–Crippen LogP) is 3.12. The van der Waals surface area contributed by atoms with Gasteiger partial charge in [0.05, 0.1) is 0 Å². The number of hydrogen-bond donors (Lipinski definition) is 1. The van der Waals surface area contributed by atoms with Crippen molar-refractivity contribution in [2.75, 3.05) is 25.0 Å². The van der Waals surface area contributed by atoms with Crippen molar-refractivity contribution in [1.29, 1.82) is 0 Å². The molecule has 0 aromatic heterocycles. The van der Waals surface area contributed by atoms with Gasteiger partial charge in [-0.15, -0.1) is 0 Å². The summed E-state index contributed by atoms with van der Waals surface area (Å²) in [5, 5.41) is 2.95. The Morgan fingerprint density at radius 2 is 1.50 bits per heavy atom. The van der Waals surface area contributed by atoms with Crippen LogP contribution in [0.5, 0.6) is 0 Å². The molecule has 0 aliphatic carbocycles. The third-order valence-corrected chi connectivity index (χ3v) is 4.23. The number of carbonyl (C=O) groups excluding carboxylic acids is 1. The molecule has 1 amide bonds. The normalized spacial score (nSPS) is 14.9. The zero-order valence-corrected chi connectivity index (χ0v) is 12.8. The number of para-hydroxylation sites is 1. The number of hydrogen-bond acceptors (Lipinski definition) is 2. The molecule has 0 unspecified atom stereocenters. The second-order valence-electron chi connectivity index (χ2n) is 5.77. The summed E-state index contributed by atoms with van der Waals surface area (Å²) >= 11 is 0. The maximum atomic E-state index is 12.0. The smallest absolute Gasteiger partial charge is 0.225 e. The van der Waals surface area contributed by atoms with E-state index in [1.807, 2.05) is 30.3 Å². The molecule has 1 N–H and O–H groups in total. The van der Waals surface area contributed by atoms with Gasteiger partial charge in [0.25, 0.3) is 0 Å². The zero-order chi connectivity index (χ0) is 15.2. The van der Waals surface area contributed by atoms with Crippen molar-refractivity contribution in [3.05, 3.63) is 65.7 Å². The maximum Gasteiger partial charge on any atom is 0.225 e. The molecule has 2 aromatic rings. The van der Waals surface area contributed by atoms with Gasteiger partial charge in [-0.3, -0.25) is 4.79 Å². The lowest BCUT2D eigenvalue weighted by Crippen LogP contribution is -2.30. The standard InChI is InChI=1S/C19H22N2O/c22-19(20-18-8-2-1-3-9-18)12-15-21-13-10-16-6-4-5-7-17(16)11-14-21/h1-9H,10-15H2,(H,20,22). The monoisotopic (exact) mass is 294 g/mol. The highest BCUT2D eigenvalue weighted by atomic mass is 16.1. The molecule has 0 saturated heterocycles. The van der Waals surface area contributed by atoms with Gasteiger partial charge in [0.2, 0.25) is 5.91 Å². The van der Waals surface area contributed by atoms with E-state index in [0.717, 1.165) is 38.2 Å². The first-order chi connectivity index (χ1) is 10.8. The highest BCUT2D eigenvalue weighted by Crippen LogP contribution is 2.15. The lowest BCUT2D eigenvalue weighted by molar-refractivity contribution is -0.116. The van der Waals surface area contributed by atoms with Crippen LogP contribution in [0.1, 0.15) is 17.5 Å². The van der Waals surface area contributed by atoms with Gasteiger partial charge < -0.3 is 10.2 Å². The van der Waals surface area contributed by atoms with Crippen LogP contribution >= 0.6 is 0 Å². The van der Waals surface area contributed by atoms with E-state index in [2.05, 4.69) is 34.5 Å². The van der Waals surface area contributed by atoms with Gasteiger partial charge in [-0.05, 0) is 36.1 Å². The van der Waals surface area contributed by atoms with Gasteiger partial charge in [-0.25, -0.2) is 0 Å². The Balaban J connectivity index is 1.47. The van der Waals surface area contributed by atoms with E-state index in [4.69, 9.17) is 0 Å². The molecular formula is C19H22N2O. The number of carbonyl (C=O) groups is 1. The Bertz CT molecular complexity index is 597. The van der Waals surface area contributed by atoms with Gasteiger partial charge in [0, 0.05) is 31.7 Å². The van der Waals surface area contributed by atoms with Crippen molar-refractivity contribution in [2.24, 2.45) is 0 Å². The summed E-state index contributed by atoms with van der Waals surface area (Å²) in [4.78, 5) is 14.4. The van der Waals surface area contributed by atoms with Crippen molar-refractivity contribution in [3.8, 4) is 0 Å². The summed E-state index contributed by atoms with van der Waals surface area (Å²) in [6.07, 6.45) is 2.71. The molecule has 1 aliphatic heterocycles. The van der Waals surface area contributed by atoms with Crippen LogP contribution in [-0.2, 0) is 17.6 Å². The quantitative estimate of drug-likeness (QED) is 0.939. The van der Waals surface area contributed by atoms with Crippen LogP contribution in [0.3, 0.4) is 0 Å². The Hall–Kier alpha value is -2.13. The molecule has 1 aliphatic rings. The van der Waals surface area contributed by atoms with Gasteiger partial charge in [0.1, 0.15) is 0 Å². The van der Waals surface area contributed by atoms with E-state index in [0.29, 0.717) is 6.42 Å². The minimum atomic E-state index is 0.0907. The third kappa shape index (κ3) is 3.95. The number of benzene rings is 2. The minimum Gasteiger partial charge on any atom is -0.326 e. The van der Waals surface area contributed by atoms with Crippen LogP contribution in [0, 0.1) is 0 Å². The highest BCUT2D eigenvalue weighted by molar-refractivity contribution is 5.90. The van der Waals surface area contributed by atoms with Crippen molar-refractivity contribution < 1.29 is 4.79 Å². The van der Waals surface area contributed by atoms with Gasteiger partial charge in [-0.2, -0.15) is 0 Å². The summed E-state index contributed by atoms with van der Waals surface area (Å²) in [6, 6.07) is 18.3. The Morgan fingerprint density at radius 1 is 0.909 bits per heavy atom.